The fraction of sp³-hybridized carbons (Fsp3) is 0.500. The number of hydrogen-bond acceptors (Lipinski definition) is 5. The van der Waals surface area contributed by atoms with E-state index in [9.17, 15) is 14.0 Å². The zero-order valence-corrected chi connectivity index (χ0v) is 14.6. The van der Waals surface area contributed by atoms with E-state index in [0.717, 1.165) is 17.3 Å². The Labute approximate surface area is 143 Å². The standard InChI is InChI=1S/C16H20FNO3S2/c1-2-21-15(19)9-13(11-3-5-12(17)6-4-11)18-16(20)14-10-22-7-8-23-14/h3-6,13-14H,2,7-10H2,1H3,(H,18,20). The largest absolute Gasteiger partial charge is 0.466 e. The van der Waals surface area contributed by atoms with E-state index in [4.69, 9.17) is 4.74 Å². The van der Waals surface area contributed by atoms with Gasteiger partial charge in [0, 0.05) is 17.3 Å². The summed E-state index contributed by atoms with van der Waals surface area (Å²) in [5.74, 6) is 1.95. The second kappa shape index (κ2) is 9.17. The van der Waals surface area contributed by atoms with Crippen LogP contribution in [0.3, 0.4) is 0 Å². The third-order valence-electron chi connectivity index (χ3n) is 3.37. The molecule has 2 atom stereocenters. The fourth-order valence-corrected chi connectivity index (χ4v) is 4.80. The van der Waals surface area contributed by atoms with E-state index in [1.807, 2.05) is 0 Å². The van der Waals surface area contributed by atoms with Crippen molar-refractivity contribution in [3.63, 3.8) is 0 Å². The monoisotopic (exact) mass is 357 g/mol. The molecule has 1 N–H and O–H groups in total. The van der Waals surface area contributed by atoms with E-state index in [-0.39, 0.29) is 36.0 Å². The van der Waals surface area contributed by atoms with Crippen LogP contribution < -0.4 is 5.32 Å². The van der Waals surface area contributed by atoms with Gasteiger partial charge in [-0.2, -0.15) is 11.8 Å². The van der Waals surface area contributed by atoms with E-state index in [1.54, 1.807) is 42.6 Å². The van der Waals surface area contributed by atoms with Crippen LogP contribution in [0.4, 0.5) is 4.39 Å². The molecule has 126 valence electrons. The lowest BCUT2D eigenvalue weighted by Gasteiger charge is -2.24. The maximum Gasteiger partial charge on any atom is 0.308 e. The normalized spacial score (nSPS) is 19.0. The van der Waals surface area contributed by atoms with Crippen LogP contribution in [0.5, 0.6) is 0 Å². The number of benzene rings is 1. The van der Waals surface area contributed by atoms with E-state index in [2.05, 4.69) is 5.32 Å². The zero-order chi connectivity index (χ0) is 16.7. The lowest BCUT2D eigenvalue weighted by Crippen LogP contribution is -2.39. The Morgan fingerprint density at radius 3 is 2.70 bits per heavy atom. The minimum Gasteiger partial charge on any atom is -0.466 e. The topological polar surface area (TPSA) is 55.4 Å². The van der Waals surface area contributed by atoms with Crippen molar-refractivity contribution in [3.05, 3.63) is 35.6 Å². The molecule has 0 saturated carbocycles. The summed E-state index contributed by atoms with van der Waals surface area (Å²) in [7, 11) is 0. The Balaban J connectivity index is 2.07. The van der Waals surface area contributed by atoms with Crippen molar-refractivity contribution >= 4 is 35.4 Å². The van der Waals surface area contributed by atoms with Crippen LogP contribution in [-0.2, 0) is 14.3 Å². The Kier molecular flexibility index (Phi) is 7.23. The zero-order valence-electron chi connectivity index (χ0n) is 12.9. The van der Waals surface area contributed by atoms with E-state index < -0.39 is 6.04 Å². The number of carbonyl (C=O) groups excluding carboxylic acids is 2. The Hall–Kier alpha value is -1.21. The van der Waals surface area contributed by atoms with E-state index in [1.165, 1.54) is 12.1 Å². The summed E-state index contributed by atoms with van der Waals surface area (Å²) in [4.78, 5) is 24.2. The lowest BCUT2D eigenvalue weighted by atomic mass is 10.0. The van der Waals surface area contributed by atoms with E-state index in [0.29, 0.717) is 5.56 Å². The van der Waals surface area contributed by atoms with Crippen LogP contribution in [0, 0.1) is 5.82 Å². The minimum atomic E-state index is -0.505. The van der Waals surface area contributed by atoms with Crippen LogP contribution >= 0.6 is 23.5 Å². The molecule has 1 aromatic rings. The van der Waals surface area contributed by atoms with Crippen molar-refractivity contribution in [3.8, 4) is 0 Å². The van der Waals surface area contributed by atoms with Gasteiger partial charge in [-0.05, 0) is 24.6 Å². The summed E-state index contributed by atoms with van der Waals surface area (Å²) >= 11 is 3.39. The van der Waals surface area contributed by atoms with Crippen LogP contribution in [0.15, 0.2) is 24.3 Å². The van der Waals surface area contributed by atoms with Gasteiger partial charge in [0.2, 0.25) is 5.91 Å². The number of carbonyl (C=O) groups is 2. The van der Waals surface area contributed by atoms with Gasteiger partial charge in [0.15, 0.2) is 0 Å². The minimum absolute atomic E-state index is 0.0374. The molecule has 0 aromatic heterocycles. The Bertz CT molecular complexity index is 533. The summed E-state index contributed by atoms with van der Waals surface area (Å²) in [6.45, 7) is 2.03. The molecule has 7 heteroatoms. The first kappa shape index (κ1) is 18.1. The van der Waals surface area contributed by atoms with Crippen molar-refractivity contribution in [1.82, 2.24) is 5.32 Å². The van der Waals surface area contributed by atoms with Crippen LogP contribution in [-0.4, -0.2) is 41.0 Å². The summed E-state index contributed by atoms with van der Waals surface area (Å²) in [6.07, 6.45) is 0.0374. The van der Waals surface area contributed by atoms with Gasteiger partial charge in [-0.15, -0.1) is 11.8 Å². The number of esters is 1. The molecule has 2 unspecified atom stereocenters. The highest BCUT2D eigenvalue weighted by Gasteiger charge is 2.26. The first-order chi connectivity index (χ1) is 11.1. The first-order valence-electron chi connectivity index (χ1n) is 7.51. The number of ether oxygens (including phenoxy) is 1. The summed E-state index contributed by atoms with van der Waals surface area (Å²) in [5.41, 5.74) is 0.696. The molecular weight excluding hydrogens is 337 g/mol. The predicted octanol–water partition coefficient (Wildman–Crippen LogP) is 2.78. The number of hydrogen-bond donors (Lipinski definition) is 1. The average molecular weight is 357 g/mol. The maximum absolute atomic E-state index is 13.1. The molecule has 0 bridgehead atoms. The highest BCUT2D eigenvalue weighted by atomic mass is 32.2. The second-order valence-electron chi connectivity index (χ2n) is 5.06. The molecule has 1 heterocycles. The van der Waals surface area contributed by atoms with Crippen LogP contribution in [0.25, 0.3) is 0 Å². The molecule has 0 aliphatic carbocycles. The molecule has 0 radical (unpaired) electrons. The third-order valence-corrected chi connectivity index (χ3v) is 6.13. The van der Waals surface area contributed by atoms with Crippen LogP contribution in [0.2, 0.25) is 0 Å². The lowest BCUT2D eigenvalue weighted by molar-refractivity contribution is -0.143. The van der Waals surface area contributed by atoms with Crippen molar-refractivity contribution in [2.75, 3.05) is 23.9 Å². The van der Waals surface area contributed by atoms with Crippen molar-refractivity contribution < 1.29 is 18.7 Å². The summed E-state index contributed by atoms with van der Waals surface area (Å²) < 4.78 is 18.1. The molecule has 0 spiro atoms. The third kappa shape index (κ3) is 5.73. The van der Waals surface area contributed by atoms with Crippen LogP contribution in [0.1, 0.15) is 24.9 Å². The molecule has 1 aliphatic heterocycles. The SMILES string of the molecule is CCOC(=O)CC(NC(=O)C1CSCCS1)c1ccc(F)cc1. The predicted molar refractivity (Wildman–Crippen MR) is 92.1 cm³/mol. The molecule has 1 aliphatic rings. The molecule has 23 heavy (non-hydrogen) atoms. The molecule has 1 fully saturated rings. The van der Waals surface area contributed by atoms with Gasteiger partial charge in [-0.1, -0.05) is 12.1 Å². The Morgan fingerprint density at radius 1 is 1.35 bits per heavy atom. The van der Waals surface area contributed by atoms with Crippen molar-refractivity contribution in [1.29, 1.82) is 0 Å². The smallest absolute Gasteiger partial charge is 0.308 e. The molecular formula is C16H20FNO3S2. The molecule has 2 rings (SSSR count). The van der Waals surface area contributed by atoms with Gasteiger partial charge in [0.1, 0.15) is 5.82 Å². The van der Waals surface area contributed by atoms with Gasteiger partial charge >= 0.3 is 5.97 Å². The van der Waals surface area contributed by atoms with E-state index >= 15 is 0 Å². The average Bonchev–Trinajstić information content (AvgIpc) is 2.56. The van der Waals surface area contributed by atoms with Gasteiger partial charge < -0.3 is 10.1 Å². The molecule has 1 aromatic carbocycles. The van der Waals surface area contributed by atoms with Gasteiger partial charge in [0.05, 0.1) is 24.3 Å². The number of nitrogens with one attached hydrogen (secondary N) is 1. The van der Waals surface area contributed by atoms with Gasteiger partial charge in [0.25, 0.3) is 0 Å². The molecule has 1 saturated heterocycles. The number of halogens is 1. The molecule has 4 nitrogen and oxygen atoms in total. The first-order valence-corrected chi connectivity index (χ1v) is 9.71. The fourth-order valence-electron chi connectivity index (χ4n) is 2.24. The van der Waals surface area contributed by atoms with Crippen molar-refractivity contribution in [2.45, 2.75) is 24.6 Å². The van der Waals surface area contributed by atoms with Crippen molar-refractivity contribution in [2.24, 2.45) is 0 Å². The number of rotatable bonds is 6. The quantitative estimate of drug-likeness (QED) is 0.794. The highest BCUT2D eigenvalue weighted by molar-refractivity contribution is 8.07. The van der Waals surface area contributed by atoms with Gasteiger partial charge in [-0.25, -0.2) is 4.39 Å². The second-order valence-corrected chi connectivity index (χ2v) is 7.52. The summed E-state index contributed by atoms with van der Waals surface area (Å²) in [5, 5.41) is 2.80. The Morgan fingerprint density at radius 2 is 2.09 bits per heavy atom. The number of amides is 1. The maximum atomic E-state index is 13.1. The highest BCUT2D eigenvalue weighted by Crippen LogP contribution is 2.26. The molecule has 1 amide bonds. The van der Waals surface area contributed by atoms with Gasteiger partial charge in [-0.3, -0.25) is 9.59 Å². The summed E-state index contributed by atoms with van der Waals surface area (Å²) in [6, 6.07) is 5.31. The number of thioether (sulfide) groups is 2.